The van der Waals surface area contributed by atoms with E-state index in [1.165, 1.54) is 0 Å². The number of methoxy groups -OCH3 is 1. The molecule has 0 bridgehead atoms. The second-order valence-electron chi connectivity index (χ2n) is 7.30. The third kappa shape index (κ3) is 4.86. The summed E-state index contributed by atoms with van der Waals surface area (Å²) in [5.41, 5.74) is 3.16. The van der Waals surface area contributed by atoms with E-state index in [1.807, 2.05) is 35.8 Å². The molecule has 3 aromatic rings. The molecule has 0 aliphatic heterocycles. The van der Waals surface area contributed by atoms with Crippen molar-refractivity contribution in [3.05, 3.63) is 65.4 Å². The lowest BCUT2D eigenvalue weighted by Crippen LogP contribution is -2.35. The highest BCUT2D eigenvalue weighted by molar-refractivity contribution is 6.12. The molecule has 0 saturated carbocycles. The van der Waals surface area contributed by atoms with Crippen molar-refractivity contribution in [3.8, 4) is 5.75 Å². The van der Waals surface area contributed by atoms with Gasteiger partial charge in [-0.15, -0.1) is 12.4 Å². The standard InChI is InChI=1S/C24H30N2O3.ClH/c1-5-25(6-2)15-19(27)16-26-22-10-8-7-9-21(22)17(3)23(26)24(28)18-11-13-20(29-4)14-12-18;/h7-14,19,27H,5-6,15-16H2,1-4H3;1H. The topological polar surface area (TPSA) is 54.7 Å². The number of fused-ring (bicyclic) bond motifs is 1. The van der Waals surface area contributed by atoms with Crippen LogP contribution in [0.25, 0.3) is 10.9 Å². The summed E-state index contributed by atoms with van der Waals surface area (Å²) in [4.78, 5) is 15.6. The minimum Gasteiger partial charge on any atom is -0.497 e. The van der Waals surface area contributed by atoms with E-state index in [-0.39, 0.29) is 18.2 Å². The number of aliphatic hydroxyl groups is 1. The van der Waals surface area contributed by atoms with Crippen molar-refractivity contribution in [2.24, 2.45) is 0 Å². The molecule has 1 atom stereocenters. The van der Waals surface area contributed by atoms with Gasteiger partial charge in [0.05, 0.1) is 25.5 Å². The van der Waals surface area contributed by atoms with Gasteiger partial charge in [-0.2, -0.15) is 0 Å². The Hall–Kier alpha value is -2.34. The molecule has 2 aromatic carbocycles. The highest BCUT2D eigenvalue weighted by atomic mass is 35.5. The molecule has 6 heteroatoms. The number of likely N-dealkylation sites (N-methyl/N-ethyl adjacent to an activating group) is 1. The number of nitrogens with zero attached hydrogens (tertiary/aromatic N) is 2. The van der Waals surface area contributed by atoms with Crippen LogP contribution in [0.5, 0.6) is 5.75 Å². The molecule has 1 N–H and O–H groups in total. The number of rotatable bonds is 9. The molecule has 0 fully saturated rings. The van der Waals surface area contributed by atoms with Crippen molar-refractivity contribution in [1.82, 2.24) is 9.47 Å². The summed E-state index contributed by atoms with van der Waals surface area (Å²) in [7, 11) is 1.61. The van der Waals surface area contributed by atoms with Gasteiger partial charge in [-0.3, -0.25) is 4.79 Å². The number of carbonyl (C=O) groups excluding carboxylic acids is 1. The Morgan fingerprint density at radius 1 is 1.10 bits per heavy atom. The van der Waals surface area contributed by atoms with Gasteiger partial charge in [0.1, 0.15) is 5.75 Å². The Balaban J connectivity index is 0.00000320. The monoisotopic (exact) mass is 430 g/mol. The number of ketones is 1. The number of halogens is 1. The van der Waals surface area contributed by atoms with Gasteiger partial charge in [-0.1, -0.05) is 32.0 Å². The third-order valence-electron chi connectivity index (χ3n) is 5.55. The highest BCUT2D eigenvalue weighted by Gasteiger charge is 2.23. The second kappa shape index (κ2) is 10.6. The van der Waals surface area contributed by atoms with Crippen LogP contribution in [0.2, 0.25) is 0 Å². The van der Waals surface area contributed by atoms with Crippen molar-refractivity contribution >= 4 is 29.1 Å². The molecule has 0 amide bonds. The van der Waals surface area contributed by atoms with Crippen molar-refractivity contribution in [1.29, 1.82) is 0 Å². The van der Waals surface area contributed by atoms with Gasteiger partial charge in [-0.05, 0) is 55.9 Å². The average Bonchev–Trinajstić information content (AvgIpc) is 3.03. The van der Waals surface area contributed by atoms with Crippen LogP contribution in [0.4, 0.5) is 0 Å². The second-order valence-corrected chi connectivity index (χ2v) is 7.30. The van der Waals surface area contributed by atoms with Crippen LogP contribution in [-0.4, -0.2) is 53.2 Å². The van der Waals surface area contributed by atoms with E-state index in [1.54, 1.807) is 31.4 Å². The molecular weight excluding hydrogens is 400 g/mol. The van der Waals surface area contributed by atoms with E-state index in [9.17, 15) is 9.90 Å². The Labute approximate surface area is 184 Å². The van der Waals surface area contributed by atoms with Crippen molar-refractivity contribution in [3.63, 3.8) is 0 Å². The summed E-state index contributed by atoms with van der Waals surface area (Å²) in [6.45, 7) is 8.88. The zero-order valence-electron chi connectivity index (χ0n) is 18.1. The minimum atomic E-state index is -0.562. The van der Waals surface area contributed by atoms with Crippen molar-refractivity contribution in [2.45, 2.75) is 33.4 Å². The number of carbonyl (C=O) groups is 1. The zero-order chi connectivity index (χ0) is 21.0. The number of aromatic nitrogens is 1. The fourth-order valence-electron chi connectivity index (χ4n) is 3.89. The molecular formula is C24H31ClN2O3. The first-order chi connectivity index (χ1) is 14.0. The maximum Gasteiger partial charge on any atom is 0.209 e. The summed E-state index contributed by atoms with van der Waals surface area (Å²) < 4.78 is 7.18. The first kappa shape index (κ1) is 23.9. The fraction of sp³-hybridized carbons (Fsp3) is 0.375. The molecule has 162 valence electrons. The van der Waals surface area contributed by atoms with E-state index >= 15 is 0 Å². The predicted molar refractivity (Wildman–Crippen MR) is 124 cm³/mol. The summed E-state index contributed by atoms with van der Waals surface area (Å²) >= 11 is 0. The van der Waals surface area contributed by atoms with E-state index in [2.05, 4.69) is 18.7 Å². The van der Waals surface area contributed by atoms with Crippen LogP contribution in [0, 0.1) is 6.92 Å². The van der Waals surface area contributed by atoms with E-state index < -0.39 is 6.10 Å². The van der Waals surface area contributed by atoms with Crippen LogP contribution >= 0.6 is 12.4 Å². The maximum atomic E-state index is 13.4. The van der Waals surface area contributed by atoms with Gasteiger partial charge < -0.3 is 19.3 Å². The van der Waals surface area contributed by atoms with Gasteiger partial charge in [0.15, 0.2) is 0 Å². The Morgan fingerprint density at radius 2 is 1.73 bits per heavy atom. The molecule has 1 aromatic heterocycles. The van der Waals surface area contributed by atoms with Crippen molar-refractivity contribution in [2.75, 3.05) is 26.7 Å². The zero-order valence-corrected chi connectivity index (χ0v) is 18.9. The number of aryl methyl sites for hydroxylation is 1. The number of aliphatic hydroxyl groups excluding tert-OH is 1. The molecule has 0 aliphatic carbocycles. The Morgan fingerprint density at radius 3 is 2.33 bits per heavy atom. The van der Waals surface area contributed by atoms with Crippen LogP contribution in [0.3, 0.4) is 0 Å². The molecule has 0 radical (unpaired) electrons. The summed E-state index contributed by atoms with van der Waals surface area (Å²) in [6.07, 6.45) is -0.562. The lowest BCUT2D eigenvalue weighted by molar-refractivity contribution is 0.0975. The molecule has 5 nitrogen and oxygen atoms in total. The Kier molecular flexibility index (Phi) is 8.47. The van der Waals surface area contributed by atoms with E-state index in [0.29, 0.717) is 30.1 Å². The van der Waals surface area contributed by atoms with Crippen molar-refractivity contribution < 1.29 is 14.6 Å². The van der Waals surface area contributed by atoms with Crippen LogP contribution in [0.1, 0.15) is 35.5 Å². The number of para-hydroxylation sites is 1. The number of ether oxygens (including phenoxy) is 1. The normalized spacial score (nSPS) is 12.1. The number of hydrogen-bond acceptors (Lipinski definition) is 4. The van der Waals surface area contributed by atoms with Gasteiger partial charge >= 0.3 is 0 Å². The summed E-state index contributed by atoms with van der Waals surface area (Å²) in [5.74, 6) is 0.671. The third-order valence-corrected chi connectivity index (χ3v) is 5.55. The molecule has 30 heavy (non-hydrogen) atoms. The lowest BCUT2D eigenvalue weighted by atomic mass is 10.0. The first-order valence-corrected chi connectivity index (χ1v) is 10.2. The van der Waals surface area contributed by atoms with Crippen LogP contribution in [-0.2, 0) is 6.54 Å². The molecule has 0 saturated heterocycles. The molecule has 3 rings (SSSR count). The van der Waals surface area contributed by atoms with Gasteiger partial charge in [0.25, 0.3) is 0 Å². The number of benzene rings is 2. The summed E-state index contributed by atoms with van der Waals surface area (Å²) in [6, 6.07) is 15.2. The van der Waals surface area contributed by atoms with Gasteiger partial charge in [-0.25, -0.2) is 0 Å². The quantitative estimate of drug-likeness (QED) is 0.514. The minimum absolute atomic E-state index is 0. The highest BCUT2D eigenvalue weighted by Crippen LogP contribution is 2.28. The number of hydrogen-bond donors (Lipinski definition) is 1. The van der Waals surface area contributed by atoms with E-state index in [4.69, 9.17) is 4.74 Å². The smallest absolute Gasteiger partial charge is 0.209 e. The van der Waals surface area contributed by atoms with Crippen LogP contribution < -0.4 is 4.74 Å². The SMILES string of the molecule is CCN(CC)CC(O)Cn1c(C(=O)c2ccc(OC)cc2)c(C)c2ccccc21.Cl. The van der Waals surface area contributed by atoms with Gasteiger partial charge in [0.2, 0.25) is 5.78 Å². The molecule has 0 spiro atoms. The molecule has 0 aliphatic rings. The van der Waals surface area contributed by atoms with Gasteiger partial charge in [0, 0.05) is 23.0 Å². The molecule has 1 unspecified atom stereocenters. The van der Waals surface area contributed by atoms with E-state index in [0.717, 1.165) is 29.6 Å². The fourth-order valence-corrected chi connectivity index (χ4v) is 3.89. The predicted octanol–water partition coefficient (Wildman–Crippen LogP) is 4.31. The maximum absolute atomic E-state index is 13.4. The van der Waals surface area contributed by atoms with Crippen LogP contribution in [0.15, 0.2) is 48.5 Å². The first-order valence-electron chi connectivity index (χ1n) is 10.2. The lowest BCUT2D eigenvalue weighted by Gasteiger charge is -2.23. The summed E-state index contributed by atoms with van der Waals surface area (Å²) in [5, 5.41) is 11.8. The largest absolute Gasteiger partial charge is 0.497 e. The molecule has 1 heterocycles. The average molecular weight is 431 g/mol. The Bertz CT molecular complexity index is 978.